The van der Waals surface area contributed by atoms with Crippen molar-refractivity contribution in [3.8, 4) is 5.69 Å². The molecule has 1 fully saturated rings. The second-order valence-electron chi connectivity index (χ2n) is 6.09. The highest BCUT2D eigenvalue weighted by molar-refractivity contribution is 5.93. The molecule has 3 rings (SSSR count). The molecule has 0 bridgehead atoms. The lowest BCUT2D eigenvalue weighted by Gasteiger charge is -2.27. The lowest BCUT2D eigenvalue weighted by atomic mass is 9.86. The number of benzene rings is 1. The zero-order chi connectivity index (χ0) is 17.6. The van der Waals surface area contributed by atoms with Gasteiger partial charge in [0.25, 0.3) is 5.91 Å². The molecule has 1 aromatic heterocycles. The summed E-state index contributed by atoms with van der Waals surface area (Å²) in [6, 6.07) is 9.40. The quantitative estimate of drug-likeness (QED) is 0.833. The summed E-state index contributed by atoms with van der Waals surface area (Å²) >= 11 is 0. The monoisotopic (exact) mass is 343 g/mol. The van der Waals surface area contributed by atoms with Crippen LogP contribution < -0.4 is 5.32 Å². The summed E-state index contributed by atoms with van der Waals surface area (Å²) in [5.41, 5.74) is 1.20. The second-order valence-corrected chi connectivity index (χ2v) is 6.09. The summed E-state index contributed by atoms with van der Waals surface area (Å²) in [5, 5.41) is 12.2. The van der Waals surface area contributed by atoms with Crippen molar-refractivity contribution in [1.29, 1.82) is 0 Å². The van der Waals surface area contributed by atoms with Crippen LogP contribution in [0.2, 0.25) is 0 Å². The Kier molecular flexibility index (Phi) is 5.45. The SMILES string of the molecule is O=C(NCC(C(=O)O)C1CCOCC1)c1cncn1-c1ccccc1. The Morgan fingerprint density at radius 3 is 2.68 bits per heavy atom. The van der Waals surface area contributed by atoms with Crippen molar-refractivity contribution in [2.75, 3.05) is 19.8 Å². The number of carbonyl (C=O) groups excluding carboxylic acids is 1. The van der Waals surface area contributed by atoms with Crippen molar-refractivity contribution >= 4 is 11.9 Å². The highest BCUT2D eigenvalue weighted by Crippen LogP contribution is 2.24. The van der Waals surface area contributed by atoms with Gasteiger partial charge in [0.15, 0.2) is 0 Å². The van der Waals surface area contributed by atoms with Gasteiger partial charge in [-0.1, -0.05) is 18.2 Å². The lowest BCUT2D eigenvalue weighted by molar-refractivity contribution is -0.144. The first-order valence-electron chi connectivity index (χ1n) is 8.33. The maximum atomic E-state index is 12.5. The summed E-state index contributed by atoms with van der Waals surface area (Å²) in [7, 11) is 0. The van der Waals surface area contributed by atoms with Crippen LogP contribution in [0.15, 0.2) is 42.9 Å². The third kappa shape index (κ3) is 4.06. The second kappa shape index (κ2) is 7.94. The Morgan fingerprint density at radius 2 is 2.00 bits per heavy atom. The number of para-hydroxylation sites is 1. The van der Waals surface area contributed by atoms with E-state index in [9.17, 15) is 14.7 Å². The van der Waals surface area contributed by atoms with E-state index in [-0.39, 0.29) is 18.4 Å². The molecular formula is C18H21N3O4. The molecule has 25 heavy (non-hydrogen) atoms. The zero-order valence-electron chi connectivity index (χ0n) is 13.8. The average molecular weight is 343 g/mol. The summed E-state index contributed by atoms with van der Waals surface area (Å²) in [6.07, 6.45) is 4.45. The van der Waals surface area contributed by atoms with Crippen molar-refractivity contribution in [3.05, 3.63) is 48.5 Å². The molecule has 2 heterocycles. The van der Waals surface area contributed by atoms with E-state index in [0.29, 0.717) is 31.7 Å². The van der Waals surface area contributed by atoms with Gasteiger partial charge in [0.1, 0.15) is 5.69 Å². The van der Waals surface area contributed by atoms with Crippen molar-refractivity contribution in [3.63, 3.8) is 0 Å². The van der Waals surface area contributed by atoms with Crippen LogP contribution in [0.25, 0.3) is 5.69 Å². The van der Waals surface area contributed by atoms with Gasteiger partial charge in [-0.2, -0.15) is 0 Å². The number of aliphatic carboxylic acids is 1. The Hall–Kier alpha value is -2.67. The van der Waals surface area contributed by atoms with Crippen molar-refractivity contribution < 1.29 is 19.4 Å². The molecule has 2 aromatic rings. The smallest absolute Gasteiger partial charge is 0.308 e. The molecule has 1 saturated heterocycles. The van der Waals surface area contributed by atoms with Gasteiger partial charge in [-0.05, 0) is 30.9 Å². The number of carboxylic acid groups (broad SMARTS) is 1. The molecule has 1 atom stereocenters. The number of nitrogens with one attached hydrogen (secondary N) is 1. The average Bonchev–Trinajstić information content (AvgIpc) is 3.13. The Morgan fingerprint density at radius 1 is 1.28 bits per heavy atom. The van der Waals surface area contributed by atoms with E-state index in [4.69, 9.17) is 4.74 Å². The minimum Gasteiger partial charge on any atom is -0.481 e. The predicted molar refractivity (Wildman–Crippen MR) is 90.6 cm³/mol. The molecule has 2 N–H and O–H groups in total. The number of carbonyl (C=O) groups is 2. The minimum absolute atomic E-state index is 0.0191. The van der Waals surface area contributed by atoms with Crippen LogP contribution in [0.1, 0.15) is 23.3 Å². The number of nitrogens with zero attached hydrogens (tertiary/aromatic N) is 2. The number of rotatable bonds is 6. The van der Waals surface area contributed by atoms with Crippen LogP contribution in [0.4, 0.5) is 0 Å². The van der Waals surface area contributed by atoms with Gasteiger partial charge < -0.3 is 15.2 Å². The number of carboxylic acids is 1. The van der Waals surface area contributed by atoms with E-state index in [1.165, 1.54) is 6.20 Å². The number of imidazole rings is 1. The summed E-state index contributed by atoms with van der Waals surface area (Å²) in [6.45, 7) is 1.24. The fourth-order valence-corrected chi connectivity index (χ4v) is 3.12. The normalized spacial score (nSPS) is 16.3. The van der Waals surface area contributed by atoms with Crippen molar-refractivity contribution in [2.24, 2.45) is 11.8 Å². The van der Waals surface area contributed by atoms with Gasteiger partial charge in [0, 0.05) is 25.4 Å². The fourth-order valence-electron chi connectivity index (χ4n) is 3.12. The Labute approximate surface area is 145 Å². The third-order valence-electron chi connectivity index (χ3n) is 4.54. The summed E-state index contributed by atoms with van der Waals surface area (Å²) < 4.78 is 6.97. The minimum atomic E-state index is -0.885. The molecule has 1 aliphatic rings. The molecule has 7 heteroatoms. The Bertz CT molecular complexity index is 723. The van der Waals surface area contributed by atoms with Crippen molar-refractivity contribution in [1.82, 2.24) is 14.9 Å². The highest BCUT2D eigenvalue weighted by atomic mass is 16.5. The van der Waals surface area contributed by atoms with Gasteiger partial charge in [0.2, 0.25) is 0 Å². The topological polar surface area (TPSA) is 93.5 Å². The van der Waals surface area contributed by atoms with Crippen molar-refractivity contribution in [2.45, 2.75) is 12.8 Å². The van der Waals surface area contributed by atoms with Crippen LogP contribution in [0, 0.1) is 11.8 Å². The van der Waals surface area contributed by atoms with Gasteiger partial charge in [-0.3, -0.25) is 14.2 Å². The summed E-state index contributed by atoms with van der Waals surface area (Å²) in [4.78, 5) is 28.1. The van der Waals surface area contributed by atoms with Gasteiger partial charge >= 0.3 is 5.97 Å². The maximum Gasteiger partial charge on any atom is 0.308 e. The highest BCUT2D eigenvalue weighted by Gasteiger charge is 2.30. The van der Waals surface area contributed by atoms with E-state index in [1.54, 1.807) is 10.9 Å². The Balaban J connectivity index is 1.68. The standard InChI is InChI=1S/C18H21N3O4/c22-17(16-11-19-12-21(16)14-4-2-1-3-5-14)20-10-15(18(23)24)13-6-8-25-9-7-13/h1-5,11-13,15H,6-10H2,(H,20,22)(H,23,24). The molecule has 132 valence electrons. The largest absolute Gasteiger partial charge is 0.481 e. The van der Waals surface area contributed by atoms with E-state index in [0.717, 1.165) is 5.69 Å². The van der Waals surface area contributed by atoms with Gasteiger partial charge in [-0.25, -0.2) is 4.98 Å². The molecule has 0 spiro atoms. The van der Waals surface area contributed by atoms with Crippen LogP contribution in [0.3, 0.4) is 0 Å². The summed E-state index contributed by atoms with van der Waals surface area (Å²) in [5.74, 6) is -1.81. The van der Waals surface area contributed by atoms with Gasteiger partial charge in [0.05, 0.1) is 18.4 Å². The van der Waals surface area contributed by atoms with E-state index in [1.807, 2.05) is 30.3 Å². The van der Waals surface area contributed by atoms with E-state index < -0.39 is 11.9 Å². The van der Waals surface area contributed by atoms with E-state index >= 15 is 0 Å². The molecule has 1 unspecified atom stereocenters. The molecular weight excluding hydrogens is 322 g/mol. The molecule has 1 amide bonds. The number of hydrogen-bond donors (Lipinski definition) is 2. The number of amides is 1. The third-order valence-corrected chi connectivity index (χ3v) is 4.54. The first-order chi connectivity index (χ1) is 12.2. The first-order valence-corrected chi connectivity index (χ1v) is 8.33. The van der Waals surface area contributed by atoms with Crippen LogP contribution >= 0.6 is 0 Å². The van der Waals surface area contributed by atoms with Crippen LogP contribution in [0.5, 0.6) is 0 Å². The molecule has 1 aliphatic heterocycles. The molecule has 7 nitrogen and oxygen atoms in total. The first kappa shape index (κ1) is 17.2. The predicted octanol–water partition coefficient (Wildman–Crippen LogP) is 1.73. The number of hydrogen-bond acceptors (Lipinski definition) is 4. The lowest BCUT2D eigenvalue weighted by Crippen LogP contribution is -2.39. The van der Waals surface area contributed by atoms with Gasteiger partial charge in [-0.15, -0.1) is 0 Å². The number of ether oxygens (including phenoxy) is 1. The van der Waals surface area contributed by atoms with Crippen LogP contribution in [-0.4, -0.2) is 46.3 Å². The zero-order valence-corrected chi connectivity index (χ0v) is 13.8. The number of aromatic nitrogens is 2. The molecule has 0 saturated carbocycles. The molecule has 1 aromatic carbocycles. The van der Waals surface area contributed by atoms with E-state index in [2.05, 4.69) is 10.3 Å². The fraction of sp³-hybridized carbons (Fsp3) is 0.389. The van der Waals surface area contributed by atoms with Crippen LogP contribution in [-0.2, 0) is 9.53 Å². The molecule has 0 aliphatic carbocycles. The molecule has 0 radical (unpaired) electrons. The maximum absolute atomic E-state index is 12.5.